The third-order valence-electron chi connectivity index (χ3n) is 4.89. The molecule has 0 saturated carbocycles. The van der Waals surface area contributed by atoms with E-state index in [2.05, 4.69) is 15.3 Å². The first-order valence-electron chi connectivity index (χ1n) is 9.22. The van der Waals surface area contributed by atoms with E-state index in [9.17, 15) is 9.59 Å². The normalized spacial score (nSPS) is 14.4. The maximum absolute atomic E-state index is 12.5. The van der Waals surface area contributed by atoms with Crippen molar-refractivity contribution in [3.8, 4) is 0 Å². The lowest BCUT2D eigenvalue weighted by Crippen LogP contribution is -2.32. The molecule has 1 aromatic carbocycles. The van der Waals surface area contributed by atoms with Crippen molar-refractivity contribution in [2.24, 2.45) is 5.73 Å². The SMILES string of the molecule is NC(=O)/C(=C\c1c[nH]c2nccc(NC(=O)N3CCCC3)c12)c1ccccc1. The van der Waals surface area contributed by atoms with Gasteiger partial charge in [0.05, 0.1) is 5.69 Å². The van der Waals surface area contributed by atoms with E-state index in [0.717, 1.165) is 42.4 Å². The van der Waals surface area contributed by atoms with E-state index in [4.69, 9.17) is 5.73 Å². The van der Waals surface area contributed by atoms with Crippen LogP contribution in [-0.4, -0.2) is 39.9 Å². The molecule has 0 unspecified atom stereocenters. The molecule has 0 aliphatic carbocycles. The van der Waals surface area contributed by atoms with Gasteiger partial charge in [-0.25, -0.2) is 9.78 Å². The highest BCUT2D eigenvalue weighted by atomic mass is 16.2. The van der Waals surface area contributed by atoms with Gasteiger partial charge in [0.1, 0.15) is 5.65 Å². The largest absolute Gasteiger partial charge is 0.366 e. The molecule has 1 fully saturated rings. The Hall–Kier alpha value is -3.61. The van der Waals surface area contributed by atoms with Gasteiger partial charge < -0.3 is 20.9 Å². The van der Waals surface area contributed by atoms with E-state index in [1.807, 2.05) is 30.3 Å². The summed E-state index contributed by atoms with van der Waals surface area (Å²) in [5, 5.41) is 3.72. The Morgan fingerprint density at radius 2 is 1.89 bits per heavy atom. The molecule has 142 valence electrons. The maximum Gasteiger partial charge on any atom is 0.321 e. The lowest BCUT2D eigenvalue weighted by molar-refractivity contribution is -0.112. The number of primary amides is 1. The number of fused-ring (bicyclic) bond motifs is 1. The van der Waals surface area contributed by atoms with Gasteiger partial charge in [-0.2, -0.15) is 0 Å². The maximum atomic E-state index is 12.5. The van der Waals surface area contributed by atoms with E-state index >= 15 is 0 Å². The van der Waals surface area contributed by atoms with Crippen molar-refractivity contribution in [1.82, 2.24) is 14.9 Å². The fourth-order valence-electron chi connectivity index (χ4n) is 3.48. The number of likely N-dealkylation sites (tertiary alicyclic amines) is 1. The van der Waals surface area contributed by atoms with Crippen LogP contribution in [0.2, 0.25) is 0 Å². The molecule has 3 aromatic rings. The van der Waals surface area contributed by atoms with Crippen LogP contribution in [0.15, 0.2) is 48.8 Å². The number of benzene rings is 1. The standard InChI is InChI=1S/C21H21N5O2/c22-19(27)16(14-6-2-1-3-7-14)12-15-13-24-20-18(15)17(8-9-23-20)25-21(28)26-10-4-5-11-26/h1-3,6-9,12-13H,4-5,10-11H2,(H2,22,27)(H2,23,24,25,28)/b16-12-. The highest BCUT2D eigenvalue weighted by Crippen LogP contribution is 2.29. The third kappa shape index (κ3) is 3.46. The van der Waals surface area contributed by atoms with Crippen LogP contribution in [0.1, 0.15) is 24.0 Å². The topological polar surface area (TPSA) is 104 Å². The Kier molecular flexibility index (Phi) is 4.80. The van der Waals surface area contributed by atoms with Crippen LogP contribution >= 0.6 is 0 Å². The molecular formula is C21H21N5O2. The van der Waals surface area contributed by atoms with Gasteiger partial charge >= 0.3 is 6.03 Å². The van der Waals surface area contributed by atoms with Gasteiger partial charge in [-0.05, 0) is 30.5 Å². The Bertz CT molecular complexity index is 1050. The van der Waals surface area contributed by atoms with Gasteiger partial charge in [0.25, 0.3) is 0 Å². The number of nitrogens with two attached hydrogens (primary N) is 1. The highest BCUT2D eigenvalue weighted by Gasteiger charge is 2.20. The zero-order valence-corrected chi connectivity index (χ0v) is 15.3. The summed E-state index contributed by atoms with van der Waals surface area (Å²) < 4.78 is 0. The number of nitrogens with one attached hydrogen (secondary N) is 2. The average molecular weight is 375 g/mol. The lowest BCUT2D eigenvalue weighted by Gasteiger charge is -2.16. The highest BCUT2D eigenvalue weighted by molar-refractivity contribution is 6.24. The van der Waals surface area contributed by atoms with E-state index in [1.54, 1.807) is 29.4 Å². The third-order valence-corrected chi connectivity index (χ3v) is 4.89. The Balaban J connectivity index is 1.75. The number of nitrogens with zero attached hydrogens (tertiary/aromatic N) is 2. The number of urea groups is 1. The molecule has 0 spiro atoms. The summed E-state index contributed by atoms with van der Waals surface area (Å²) in [6, 6.07) is 10.9. The Morgan fingerprint density at radius 1 is 1.14 bits per heavy atom. The number of pyridine rings is 1. The minimum absolute atomic E-state index is 0.126. The predicted octanol–water partition coefficient (Wildman–Crippen LogP) is 3.22. The summed E-state index contributed by atoms with van der Waals surface area (Å²) in [5.41, 5.74) is 8.75. The van der Waals surface area contributed by atoms with Gasteiger partial charge in [0.2, 0.25) is 5.91 Å². The molecule has 3 heterocycles. The number of hydrogen-bond donors (Lipinski definition) is 3. The van der Waals surface area contributed by atoms with E-state index in [1.165, 1.54) is 0 Å². The Labute approximate surface area is 162 Å². The number of anilines is 1. The van der Waals surface area contributed by atoms with Crippen LogP contribution in [0, 0.1) is 0 Å². The number of hydrogen-bond acceptors (Lipinski definition) is 3. The molecule has 4 rings (SSSR count). The molecule has 0 radical (unpaired) electrons. The van der Waals surface area contributed by atoms with Crippen molar-refractivity contribution in [3.63, 3.8) is 0 Å². The van der Waals surface area contributed by atoms with Crippen molar-refractivity contribution in [2.45, 2.75) is 12.8 Å². The lowest BCUT2D eigenvalue weighted by atomic mass is 10.0. The summed E-state index contributed by atoms with van der Waals surface area (Å²) in [6.45, 7) is 1.53. The number of amides is 3. The first kappa shape index (κ1) is 17.8. The number of rotatable bonds is 4. The van der Waals surface area contributed by atoms with Crippen LogP contribution in [-0.2, 0) is 4.79 Å². The minimum Gasteiger partial charge on any atom is -0.366 e. The van der Waals surface area contributed by atoms with E-state index in [0.29, 0.717) is 16.9 Å². The van der Waals surface area contributed by atoms with Gasteiger partial charge in [-0.1, -0.05) is 30.3 Å². The summed E-state index contributed by atoms with van der Waals surface area (Å²) in [7, 11) is 0. The van der Waals surface area contributed by atoms with Crippen molar-refractivity contribution >= 4 is 40.3 Å². The van der Waals surface area contributed by atoms with Crippen molar-refractivity contribution in [3.05, 3.63) is 59.9 Å². The van der Waals surface area contributed by atoms with Gasteiger partial charge in [-0.15, -0.1) is 0 Å². The van der Waals surface area contributed by atoms with Crippen LogP contribution in [0.3, 0.4) is 0 Å². The molecule has 1 aliphatic rings. The van der Waals surface area contributed by atoms with Crippen LogP contribution < -0.4 is 11.1 Å². The molecule has 0 atom stereocenters. The molecular weight excluding hydrogens is 354 g/mol. The van der Waals surface area contributed by atoms with Crippen molar-refractivity contribution in [1.29, 1.82) is 0 Å². The average Bonchev–Trinajstić information content (AvgIpc) is 3.37. The monoisotopic (exact) mass is 375 g/mol. The minimum atomic E-state index is -0.521. The number of carbonyl (C=O) groups is 2. The number of carbonyl (C=O) groups excluding carboxylic acids is 2. The Morgan fingerprint density at radius 3 is 2.61 bits per heavy atom. The second-order valence-electron chi connectivity index (χ2n) is 6.74. The van der Waals surface area contributed by atoms with Crippen molar-refractivity contribution < 1.29 is 9.59 Å². The first-order chi connectivity index (χ1) is 13.6. The quantitative estimate of drug-likeness (QED) is 0.610. The van der Waals surface area contributed by atoms with E-state index in [-0.39, 0.29) is 6.03 Å². The van der Waals surface area contributed by atoms with Gasteiger partial charge in [-0.3, -0.25) is 4.79 Å². The molecule has 1 saturated heterocycles. The summed E-state index contributed by atoms with van der Waals surface area (Å²) in [6.07, 6.45) is 7.17. The second-order valence-corrected chi connectivity index (χ2v) is 6.74. The molecule has 0 bridgehead atoms. The molecule has 7 nitrogen and oxygen atoms in total. The summed E-state index contributed by atoms with van der Waals surface area (Å²) in [4.78, 5) is 33.8. The molecule has 28 heavy (non-hydrogen) atoms. The molecule has 3 amide bonds. The second kappa shape index (κ2) is 7.56. The van der Waals surface area contributed by atoms with Crippen molar-refractivity contribution in [2.75, 3.05) is 18.4 Å². The smallest absolute Gasteiger partial charge is 0.321 e. The van der Waals surface area contributed by atoms with Crippen LogP contribution in [0.25, 0.3) is 22.7 Å². The number of aromatic amines is 1. The van der Waals surface area contributed by atoms with Gasteiger partial charge in [0, 0.05) is 42.0 Å². The fraction of sp³-hybridized carbons (Fsp3) is 0.190. The number of H-pyrrole nitrogens is 1. The zero-order chi connectivity index (χ0) is 19.5. The summed E-state index contributed by atoms with van der Waals surface area (Å²) in [5.74, 6) is -0.521. The van der Waals surface area contributed by atoms with Gasteiger partial charge in [0.15, 0.2) is 0 Å². The molecule has 1 aliphatic heterocycles. The fourth-order valence-corrected chi connectivity index (χ4v) is 3.48. The first-order valence-corrected chi connectivity index (χ1v) is 9.22. The summed E-state index contributed by atoms with van der Waals surface area (Å²) >= 11 is 0. The number of aromatic nitrogens is 2. The molecule has 7 heteroatoms. The molecule has 4 N–H and O–H groups in total. The van der Waals surface area contributed by atoms with E-state index < -0.39 is 5.91 Å². The molecule has 2 aromatic heterocycles. The zero-order valence-electron chi connectivity index (χ0n) is 15.3. The predicted molar refractivity (Wildman–Crippen MR) is 109 cm³/mol. The van der Waals surface area contributed by atoms with Crippen LogP contribution in [0.5, 0.6) is 0 Å². The van der Waals surface area contributed by atoms with Crippen LogP contribution in [0.4, 0.5) is 10.5 Å².